The van der Waals surface area contributed by atoms with Crippen molar-refractivity contribution in [2.75, 3.05) is 0 Å². The van der Waals surface area contributed by atoms with Crippen LogP contribution in [0.15, 0.2) is 328 Å². The van der Waals surface area contributed by atoms with E-state index in [1.54, 1.807) is 6.20 Å². The van der Waals surface area contributed by atoms with Crippen LogP contribution in [-0.2, 0) is 5.41 Å². The van der Waals surface area contributed by atoms with Gasteiger partial charge in [0.2, 0.25) is 11.9 Å². The summed E-state index contributed by atoms with van der Waals surface area (Å²) >= 11 is 0. The predicted octanol–water partition coefficient (Wildman–Crippen LogP) is 21.1. The number of aromatic nitrogens is 10. The molecule has 0 amide bonds. The molecule has 2 aliphatic carbocycles. The maximum atomic E-state index is 5.55. The summed E-state index contributed by atoms with van der Waals surface area (Å²) in [4.78, 5) is 37.1. The van der Waals surface area contributed by atoms with Crippen molar-refractivity contribution in [3.63, 3.8) is 0 Å². The molecule has 0 atom stereocenters. The van der Waals surface area contributed by atoms with E-state index in [1.807, 2.05) is 54.7 Å². The molecule has 2 aliphatic rings. The number of nitrogens with zero attached hydrogens (tertiary/aromatic N) is 10. The number of para-hydroxylation sites is 4. The molecule has 100 heavy (non-hydrogen) atoms. The first kappa shape index (κ1) is 55.7. The highest BCUT2D eigenvalue weighted by molar-refractivity contribution is 6.17. The average molecular weight is 1280 g/mol. The molecule has 12 aromatic carbocycles. The Balaban J connectivity index is 0.674. The summed E-state index contributed by atoms with van der Waals surface area (Å²) in [6.45, 7) is 0. The van der Waals surface area contributed by atoms with Gasteiger partial charge in [0, 0.05) is 72.7 Å². The summed E-state index contributed by atoms with van der Waals surface area (Å²) < 4.78 is 6.82. The summed E-state index contributed by atoms with van der Waals surface area (Å²) in [5, 5.41) is 6.86. The Labute approximate surface area is 573 Å². The van der Waals surface area contributed by atoms with E-state index in [1.165, 1.54) is 66.3 Å². The molecule has 1 spiro atoms. The van der Waals surface area contributed by atoms with Crippen molar-refractivity contribution in [2.45, 2.75) is 5.41 Å². The number of rotatable bonds is 9. The quantitative estimate of drug-likeness (QED) is 0.142. The molecule has 21 rings (SSSR count). The topological polar surface area (TPSA) is 105 Å². The van der Waals surface area contributed by atoms with Crippen LogP contribution in [0.2, 0.25) is 0 Å². The van der Waals surface area contributed by atoms with E-state index in [4.69, 9.17) is 34.9 Å². The zero-order valence-corrected chi connectivity index (χ0v) is 53.6. The summed E-state index contributed by atoms with van der Waals surface area (Å²) in [6.07, 6.45) is 3.73. The molecule has 0 saturated carbocycles. The Kier molecular flexibility index (Phi) is 12.1. The van der Waals surface area contributed by atoms with Gasteiger partial charge in [-0.15, -0.1) is 0 Å². The minimum Gasteiger partial charge on any atom is -0.309 e. The molecular weight excluding hydrogens is 1220 g/mol. The Morgan fingerprint density at radius 2 is 0.740 bits per heavy atom. The van der Waals surface area contributed by atoms with E-state index in [9.17, 15) is 0 Å². The molecule has 19 aromatic rings. The number of fused-ring (bicyclic) bond motifs is 20. The fraction of sp³-hybridized carbons (Fsp3) is 0.0111. The highest BCUT2D eigenvalue weighted by atomic mass is 15.2. The summed E-state index contributed by atoms with van der Waals surface area (Å²) in [6, 6.07) is 112. The molecule has 0 bridgehead atoms. The van der Waals surface area contributed by atoms with Crippen molar-refractivity contribution in [2.24, 2.45) is 0 Å². The van der Waals surface area contributed by atoms with E-state index in [0.29, 0.717) is 40.6 Å². The lowest BCUT2D eigenvalue weighted by molar-refractivity contribution is 0.794. The Morgan fingerprint density at radius 1 is 0.250 bits per heavy atom. The maximum Gasteiger partial charge on any atom is 0.238 e. The highest BCUT2D eigenvalue weighted by Crippen LogP contribution is 2.64. The van der Waals surface area contributed by atoms with Gasteiger partial charge < -0.3 is 4.57 Å². The largest absolute Gasteiger partial charge is 0.309 e. The third-order valence-corrected chi connectivity index (χ3v) is 20.7. The van der Waals surface area contributed by atoms with Gasteiger partial charge >= 0.3 is 0 Å². The van der Waals surface area contributed by atoms with Gasteiger partial charge in [-0.3, -0.25) is 19.1 Å². The van der Waals surface area contributed by atoms with E-state index in [-0.39, 0.29) is 0 Å². The van der Waals surface area contributed by atoms with Gasteiger partial charge in [-0.1, -0.05) is 231 Å². The first-order chi connectivity index (χ1) is 49.6. The summed E-state index contributed by atoms with van der Waals surface area (Å²) in [5.74, 6) is 2.17. The Morgan fingerprint density at radius 3 is 1.39 bits per heavy atom. The lowest BCUT2D eigenvalue weighted by Gasteiger charge is -2.30. The molecule has 10 heteroatoms. The molecule has 464 valence electrons. The number of pyridine rings is 2. The molecule has 0 aliphatic heterocycles. The number of hydrogen-bond donors (Lipinski definition) is 0. The molecule has 0 saturated heterocycles. The van der Waals surface area contributed by atoms with Crippen molar-refractivity contribution in [3.05, 3.63) is 350 Å². The smallest absolute Gasteiger partial charge is 0.238 e. The minimum atomic E-state index is -0.533. The average Bonchev–Trinajstić information content (AvgIpc) is 1.50. The van der Waals surface area contributed by atoms with E-state index >= 15 is 0 Å². The van der Waals surface area contributed by atoms with Crippen molar-refractivity contribution >= 4 is 65.4 Å². The zero-order chi connectivity index (χ0) is 65.6. The molecule has 7 heterocycles. The van der Waals surface area contributed by atoms with Crippen molar-refractivity contribution in [1.29, 1.82) is 0 Å². The predicted molar refractivity (Wildman–Crippen MR) is 403 cm³/mol. The fourth-order valence-electron chi connectivity index (χ4n) is 16.4. The SMILES string of the molecule is c1ccc(-c2nc(-c3cccc(-c4ccc(-c5cc(-c6ccccn6)nc(-n6c7ccccc7c7cc(-c8ccc9c(c8)c8ccccc8n9-c8ccccc8)ccc76)n5)nc4)c3)nc(-n3c4ccccc4c4ccc5c(c43)-c3ccccc3C53c4ccccc4-c4ccccc43)n2)cc1. The molecule has 0 N–H and O–H groups in total. The second-order valence-corrected chi connectivity index (χ2v) is 25.9. The summed E-state index contributed by atoms with van der Waals surface area (Å²) in [5.41, 5.74) is 25.6. The van der Waals surface area contributed by atoms with Crippen molar-refractivity contribution in [3.8, 4) is 108 Å². The van der Waals surface area contributed by atoms with Crippen LogP contribution in [0.1, 0.15) is 22.3 Å². The van der Waals surface area contributed by atoms with E-state index < -0.39 is 5.41 Å². The van der Waals surface area contributed by atoms with Gasteiger partial charge in [-0.05, 0) is 141 Å². The first-order valence-corrected chi connectivity index (χ1v) is 33.8. The second-order valence-electron chi connectivity index (χ2n) is 25.9. The standard InChI is InChI=1S/C90H54N10/c1-3-22-55(23-4-1)86-95-87(97-89(96-86)100-81-40-18-10-30-64(81)67-44-45-74-84(85(67)100)68-33-9-15-36-73(68)90(74)71-34-13-7-28-62(71)63-29-8-14-35-72(63)90)59-25-21-24-56(50-59)60-41-46-76(92-54-60)78-53-77(75-37-19-20-49-91-75)93-88(94-78)99-80-39-17-12-32-66(80)70-52-58(43-48-83(70)99)57-42-47-82-69(51-57)65-31-11-16-38-79(65)98(82)61-26-5-2-6-27-61/h1-54H. The third kappa shape index (κ3) is 8.22. The van der Waals surface area contributed by atoms with Gasteiger partial charge in [-0.25, -0.2) is 15.0 Å². The van der Waals surface area contributed by atoms with Crippen LogP contribution in [0, 0.1) is 0 Å². The molecule has 0 radical (unpaired) electrons. The molecule has 7 aromatic heterocycles. The minimum absolute atomic E-state index is 0.516. The fourth-order valence-corrected chi connectivity index (χ4v) is 16.4. The molecular formula is C90H54N10. The monoisotopic (exact) mass is 1270 g/mol. The normalized spacial score (nSPS) is 12.7. The summed E-state index contributed by atoms with van der Waals surface area (Å²) in [7, 11) is 0. The maximum absolute atomic E-state index is 5.55. The Hall–Kier alpha value is -13.6. The van der Waals surface area contributed by atoms with Crippen LogP contribution in [-0.4, -0.2) is 48.6 Å². The second kappa shape index (κ2) is 21.7. The van der Waals surface area contributed by atoms with Crippen LogP contribution in [0.5, 0.6) is 0 Å². The van der Waals surface area contributed by atoms with Crippen molar-refractivity contribution in [1.82, 2.24) is 48.6 Å². The molecule has 0 fully saturated rings. The van der Waals surface area contributed by atoms with Crippen molar-refractivity contribution < 1.29 is 0 Å². The van der Waals surface area contributed by atoms with Crippen LogP contribution in [0.3, 0.4) is 0 Å². The lowest BCUT2D eigenvalue weighted by atomic mass is 9.70. The third-order valence-electron chi connectivity index (χ3n) is 20.7. The Bertz CT molecular complexity index is 6540. The zero-order valence-electron chi connectivity index (χ0n) is 53.6. The van der Waals surface area contributed by atoms with Gasteiger partial charge in [-0.2, -0.15) is 9.97 Å². The molecule has 10 nitrogen and oxygen atoms in total. The van der Waals surface area contributed by atoms with E-state index in [0.717, 1.165) is 88.4 Å². The van der Waals surface area contributed by atoms with Crippen LogP contribution in [0.4, 0.5) is 0 Å². The van der Waals surface area contributed by atoms with Crippen LogP contribution >= 0.6 is 0 Å². The number of benzene rings is 12. The van der Waals surface area contributed by atoms with Crippen LogP contribution < -0.4 is 0 Å². The first-order valence-electron chi connectivity index (χ1n) is 33.8. The number of hydrogen-bond acceptors (Lipinski definition) is 7. The lowest BCUT2D eigenvalue weighted by Crippen LogP contribution is -2.25. The molecule has 0 unspecified atom stereocenters. The van der Waals surface area contributed by atoms with Gasteiger partial charge in [0.05, 0.1) is 61.3 Å². The van der Waals surface area contributed by atoms with Gasteiger partial charge in [0.15, 0.2) is 11.6 Å². The van der Waals surface area contributed by atoms with Gasteiger partial charge in [0.25, 0.3) is 0 Å². The van der Waals surface area contributed by atoms with Gasteiger partial charge in [0.1, 0.15) is 0 Å². The van der Waals surface area contributed by atoms with Crippen LogP contribution in [0.25, 0.3) is 173 Å². The van der Waals surface area contributed by atoms with E-state index in [2.05, 4.69) is 281 Å². The highest BCUT2D eigenvalue weighted by Gasteiger charge is 2.52.